The molecule has 24 heteroatoms. The van der Waals surface area contributed by atoms with Crippen molar-refractivity contribution in [1.82, 2.24) is 62.8 Å². The molecule has 7 aliphatic rings. The number of fused-ring (bicyclic) bond motifs is 2. The van der Waals surface area contributed by atoms with Gasteiger partial charge < -0.3 is 62.6 Å². The van der Waals surface area contributed by atoms with Crippen molar-refractivity contribution in [2.75, 3.05) is 78.6 Å². The number of hydrogen-bond acceptors (Lipinski definition) is 15. The van der Waals surface area contributed by atoms with E-state index < -0.39 is 0 Å². The van der Waals surface area contributed by atoms with Gasteiger partial charge in [-0.05, 0) is 83.5 Å². The van der Waals surface area contributed by atoms with E-state index in [4.69, 9.17) is 15.0 Å². The highest BCUT2D eigenvalue weighted by molar-refractivity contribution is 8.00. The lowest BCUT2D eigenvalue weighted by Crippen LogP contribution is -2.47. The number of rotatable bonds is 28. The van der Waals surface area contributed by atoms with Crippen LogP contribution in [0.1, 0.15) is 148 Å². The van der Waals surface area contributed by atoms with Gasteiger partial charge in [0.05, 0.1) is 24.2 Å². The van der Waals surface area contributed by atoms with Crippen molar-refractivity contribution in [3.05, 3.63) is 0 Å². The lowest BCUT2D eigenvalue weighted by molar-refractivity contribution is -0.122. The molecular formula is C52H85N15O7S2. The van der Waals surface area contributed by atoms with Crippen LogP contribution in [-0.2, 0) is 24.0 Å². The highest BCUT2D eigenvalue weighted by Gasteiger charge is 2.44. The third-order valence-electron chi connectivity index (χ3n) is 16.1. The molecule has 7 aliphatic heterocycles. The number of aromatic nitrogens is 3. The number of amides is 9. The summed E-state index contributed by atoms with van der Waals surface area (Å²) in [5.41, 5.74) is 0. The van der Waals surface area contributed by atoms with Crippen LogP contribution < -0.4 is 62.6 Å². The minimum atomic E-state index is -0.105. The minimum Gasteiger partial charge on any atom is -0.356 e. The predicted octanol–water partition coefficient (Wildman–Crippen LogP) is 2.95. The van der Waals surface area contributed by atoms with E-state index in [1.165, 1.54) is 0 Å². The van der Waals surface area contributed by atoms with Gasteiger partial charge >= 0.3 is 12.1 Å². The second-order valence-corrected chi connectivity index (χ2v) is 24.5. The number of urea groups is 2. The second kappa shape index (κ2) is 29.1. The van der Waals surface area contributed by atoms with Gasteiger partial charge in [-0.1, -0.05) is 32.1 Å². The van der Waals surface area contributed by atoms with Gasteiger partial charge in [0.15, 0.2) is 0 Å². The number of carbonyl (C=O) groups excluding carboxylic acids is 7. The van der Waals surface area contributed by atoms with Crippen LogP contribution in [0.15, 0.2) is 0 Å². The molecule has 22 nitrogen and oxygen atoms in total. The molecule has 9 N–H and O–H groups in total. The van der Waals surface area contributed by atoms with Crippen molar-refractivity contribution < 1.29 is 33.6 Å². The molecule has 76 heavy (non-hydrogen) atoms. The van der Waals surface area contributed by atoms with E-state index in [-0.39, 0.29) is 89.1 Å². The van der Waals surface area contributed by atoms with Crippen LogP contribution in [0.2, 0.25) is 0 Å². The van der Waals surface area contributed by atoms with Crippen molar-refractivity contribution >= 4 is 83.0 Å². The monoisotopic (exact) mass is 1100 g/mol. The number of thioether (sulfide) groups is 2. The Morgan fingerprint density at radius 3 is 1.33 bits per heavy atom. The summed E-state index contributed by atoms with van der Waals surface area (Å²) in [6.07, 6.45) is 17.5. The quantitative estimate of drug-likeness (QED) is 0.0431. The van der Waals surface area contributed by atoms with Crippen molar-refractivity contribution in [3.8, 4) is 0 Å². The number of piperidine rings is 3. The lowest BCUT2D eigenvalue weighted by atomic mass is 10.0. The zero-order valence-electron chi connectivity index (χ0n) is 44.7. The van der Waals surface area contributed by atoms with E-state index in [0.717, 1.165) is 140 Å². The molecule has 422 valence electrons. The molecule has 0 spiro atoms. The number of hydrogen-bond donors (Lipinski definition) is 9. The molecule has 0 bridgehead atoms. The van der Waals surface area contributed by atoms with Crippen LogP contribution in [0.3, 0.4) is 0 Å². The number of nitrogens with zero attached hydrogens (tertiary/aromatic N) is 6. The fraction of sp³-hybridized carbons (Fsp3) is 0.808. The first-order valence-corrected chi connectivity index (χ1v) is 30.8. The highest BCUT2D eigenvalue weighted by atomic mass is 32.2. The summed E-state index contributed by atoms with van der Waals surface area (Å²) in [5, 5.41) is 28.3. The molecule has 7 saturated heterocycles. The van der Waals surface area contributed by atoms with Crippen molar-refractivity contribution in [3.63, 3.8) is 0 Å². The summed E-state index contributed by atoms with van der Waals surface area (Å²) in [5.74, 6) is 4.01. The Kier molecular flexibility index (Phi) is 21.9. The highest BCUT2D eigenvalue weighted by Crippen LogP contribution is 2.34. The van der Waals surface area contributed by atoms with Crippen LogP contribution >= 0.6 is 23.5 Å². The number of unbranched alkanes of at least 4 members (excludes halogenated alkanes) is 7. The van der Waals surface area contributed by atoms with Crippen LogP contribution in [0.5, 0.6) is 0 Å². The Morgan fingerprint density at radius 1 is 0.474 bits per heavy atom. The summed E-state index contributed by atoms with van der Waals surface area (Å²) < 4.78 is 0. The van der Waals surface area contributed by atoms with Crippen molar-refractivity contribution in [1.29, 1.82) is 0 Å². The Bertz CT molecular complexity index is 2120. The van der Waals surface area contributed by atoms with Gasteiger partial charge in [-0.25, -0.2) is 9.59 Å². The van der Waals surface area contributed by atoms with Crippen molar-refractivity contribution in [2.45, 2.75) is 201 Å². The molecule has 8 heterocycles. The Balaban J connectivity index is 0.688. The normalized spacial score (nSPS) is 24.7. The van der Waals surface area contributed by atoms with E-state index >= 15 is 0 Å². The van der Waals surface area contributed by atoms with Crippen LogP contribution in [0, 0.1) is 0 Å². The Labute approximate surface area is 457 Å². The summed E-state index contributed by atoms with van der Waals surface area (Å²) in [7, 11) is 0. The summed E-state index contributed by atoms with van der Waals surface area (Å²) >= 11 is 3.73. The fourth-order valence-electron chi connectivity index (χ4n) is 11.7. The molecule has 9 amide bonds. The third-order valence-corrected chi connectivity index (χ3v) is 19.1. The lowest BCUT2D eigenvalue weighted by Gasteiger charge is -2.36. The average Bonchev–Trinajstić information content (AvgIpc) is 4.18. The zero-order chi connectivity index (χ0) is 53.2. The molecule has 0 aliphatic carbocycles. The summed E-state index contributed by atoms with van der Waals surface area (Å²) in [6, 6.07) is 0.829. The predicted molar refractivity (Wildman–Crippen MR) is 297 cm³/mol. The maximum Gasteiger partial charge on any atom is 0.315 e. The van der Waals surface area contributed by atoms with Gasteiger partial charge in [0.1, 0.15) is 0 Å². The maximum absolute atomic E-state index is 13.0. The molecule has 5 unspecified atom stereocenters. The second-order valence-electron chi connectivity index (χ2n) is 21.9. The largest absolute Gasteiger partial charge is 0.356 e. The first-order chi connectivity index (χ1) is 36.9. The average molecular weight is 1100 g/mol. The van der Waals surface area contributed by atoms with E-state index in [1.807, 2.05) is 23.5 Å². The minimum absolute atomic E-state index is 0.0210. The van der Waals surface area contributed by atoms with Gasteiger partial charge in [-0.3, -0.25) is 24.0 Å². The zero-order valence-corrected chi connectivity index (χ0v) is 46.3. The molecule has 8 rings (SSSR count). The third kappa shape index (κ3) is 17.5. The van der Waals surface area contributed by atoms with E-state index in [9.17, 15) is 33.6 Å². The van der Waals surface area contributed by atoms with E-state index in [2.05, 4.69) is 62.6 Å². The Hall–Kier alpha value is -5.00. The van der Waals surface area contributed by atoms with Gasteiger partial charge in [0, 0.05) is 125 Å². The molecule has 0 saturated carbocycles. The molecular weight excluding hydrogens is 1010 g/mol. The van der Waals surface area contributed by atoms with E-state index in [0.29, 0.717) is 88.0 Å². The van der Waals surface area contributed by atoms with E-state index in [1.54, 1.807) is 6.92 Å². The molecule has 6 atom stereocenters. The van der Waals surface area contributed by atoms with Gasteiger partial charge in [-0.15, -0.1) is 0 Å². The van der Waals surface area contributed by atoms with Crippen LogP contribution in [-0.4, -0.2) is 173 Å². The van der Waals surface area contributed by atoms with Gasteiger partial charge in [-0.2, -0.15) is 38.5 Å². The van der Waals surface area contributed by atoms with Crippen molar-refractivity contribution in [2.24, 2.45) is 0 Å². The number of nitrogens with one attached hydrogen (secondary N) is 9. The first-order valence-electron chi connectivity index (χ1n) is 28.7. The fourth-order valence-corrected chi connectivity index (χ4v) is 14.7. The molecule has 0 radical (unpaired) electrons. The van der Waals surface area contributed by atoms with Gasteiger partial charge in [0.25, 0.3) is 0 Å². The molecule has 1 aromatic heterocycles. The molecule has 1 aromatic rings. The van der Waals surface area contributed by atoms with Crippen LogP contribution in [0.25, 0.3) is 0 Å². The molecule has 0 aromatic carbocycles. The van der Waals surface area contributed by atoms with Crippen LogP contribution in [0.4, 0.5) is 27.4 Å². The smallest absolute Gasteiger partial charge is 0.315 e. The molecule has 7 fully saturated rings. The summed E-state index contributed by atoms with van der Waals surface area (Å²) in [4.78, 5) is 107. The number of carbonyl (C=O) groups is 7. The van der Waals surface area contributed by atoms with Gasteiger partial charge in [0.2, 0.25) is 47.4 Å². The number of anilines is 3. The topological polar surface area (TPSA) is 276 Å². The first kappa shape index (κ1) is 57.2. The maximum atomic E-state index is 13.0. The Morgan fingerprint density at radius 2 is 0.855 bits per heavy atom. The SMILES string of the molecule is CC(=O)NC1CCN(c2nc(N3CCC(NC(=O)CCCCCCCNC(=O)CC[C@@H]4SCC5NC(=O)NC54)CC3)nc(N3CCC(NC(=O)CCCCCNC(=O)CCCCC4SCC5NC(=O)NC54)CC3)n2)CC1. The standard InChI is InChI=1S/C52H85N15O7S2/c1-34(68)55-35-18-26-65(27-19-35)48-62-49(66-28-20-36(21-29-66)56-44(71)14-6-3-2-4-10-24-54-43(70)17-16-41-47-39(33-76-41)59-52(74)61-47)64-50(63-48)67-30-22-37(23-31-67)57-45(72)15-7-5-11-25-53-42(69)13-9-8-12-40-46-38(32-75-40)58-51(73)60-46/h35-41,46-47H,2-33H2,1H3,(H,53,69)(H,54,70)(H,55,68)(H,56,71)(H,57,72)(H2,58,60,73)(H2,59,61,74)/t38?,39?,40?,41-,46?,47?/m0/s1. The summed E-state index contributed by atoms with van der Waals surface area (Å²) in [6.45, 7) is 7.08.